The highest BCUT2D eigenvalue weighted by molar-refractivity contribution is 7.86. The van der Waals surface area contributed by atoms with Crippen LogP contribution in [0.5, 0.6) is 11.5 Å². The number of phenolic OH excluding ortho intramolecular Hbond substituents is 1. The van der Waals surface area contributed by atoms with E-state index >= 15 is 0 Å². The zero-order valence-corrected chi connectivity index (χ0v) is 20.4. The van der Waals surface area contributed by atoms with Gasteiger partial charge in [0, 0.05) is 0 Å². The molecule has 4 rings (SSSR count). The Hall–Kier alpha value is -1.62. The maximum absolute atomic E-state index is 12.0. The van der Waals surface area contributed by atoms with Crippen LogP contribution in [0.2, 0.25) is 0 Å². The molecule has 0 saturated heterocycles. The van der Waals surface area contributed by atoms with Crippen LogP contribution in [0, 0.1) is 0 Å². The molecule has 2 aromatic rings. The summed E-state index contributed by atoms with van der Waals surface area (Å²) in [7, 11) is -3.60. The molecule has 0 unspecified atom stereocenters. The van der Waals surface area contributed by atoms with Crippen LogP contribution in [0.3, 0.4) is 0 Å². The summed E-state index contributed by atoms with van der Waals surface area (Å²) in [6.45, 7) is 0. The Morgan fingerprint density at radius 3 is 1.97 bits per heavy atom. The van der Waals surface area contributed by atoms with E-state index < -0.39 is 18.0 Å². The van der Waals surface area contributed by atoms with Gasteiger partial charge in [0.15, 0.2) is 5.75 Å². The Kier molecular flexibility index (Phi) is 7.44. The number of ether oxygens (including phenoxy) is 1. The molecule has 2 aromatic carbocycles. The van der Waals surface area contributed by atoms with E-state index in [4.69, 9.17) is 4.74 Å². The molecule has 2 N–H and O–H groups in total. The fourth-order valence-electron chi connectivity index (χ4n) is 5.54. The first-order chi connectivity index (χ1) is 15.4. The number of hydrogen-bond acceptors (Lipinski definition) is 4. The van der Waals surface area contributed by atoms with Crippen molar-refractivity contribution in [3.05, 3.63) is 36.4 Å². The Morgan fingerprint density at radius 1 is 0.875 bits per heavy atom. The van der Waals surface area contributed by atoms with Gasteiger partial charge in [-0.15, -0.1) is 0 Å². The lowest BCUT2D eigenvalue weighted by atomic mass is 9.99. The largest absolute Gasteiger partial charge is 0.507 e. The van der Waals surface area contributed by atoms with Crippen LogP contribution < -0.4 is 10.0 Å². The fourth-order valence-corrected chi connectivity index (χ4v) is 10.1. The predicted molar refractivity (Wildman–Crippen MR) is 130 cm³/mol. The summed E-state index contributed by atoms with van der Waals surface area (Å²) in [5.74, 6) is -0.0360. The molecule has 174 valence electrons. The van der Waals surface area contributed by atoms with Crippen molar-refractivity contribution < 1.29 is 22.8 Å². The standard InChI is InChI=1S/C25H33O5PS/c1-30-25-23(32(27,28)29)17-16-21(26)24(25)20-14-8-9-15-22(20)31(18-10-4-2-5-11-18)19-12-6-3-7-13-19/h8-9,14-19,26H,2-7,10-13H2,1H3,(H,27,28,29). The minimum absolute atomic E-state index is 0.00203. The molecule has 0 aromatic heterocycles. The van der Waals surface area contributed by atoms with Crippen LogP contribution in [0.4, 0.5) is 0 Å². The maximum Gasteiger partial charge on any atom is 0.298 e. The topological polar surface area (TPSA) is 83.8 Å². The third-order valence-electron chi connectivity index (χ3n) is 6.97. The molecule has 0 amide bonds. The zero-order chi connectivity index (χ0) is 22.7. The van der Waals surface area contributed by atoms with E-state index in [0.29, 0.717) is 16.9 Å². The molecule has 32 heavy (non-hydrogen) atoms. The summed E-state index contributed by atoms with van der Waals surface area (Å²) in [5, 5.41) is 12.1. The number of phenols is 1. The summed E-state index contributed by atoms with van der Waals surface area (Å²) in [4.78, 5) is -0.317. The average molecular weight is 477 g/mol. The molecule has 2 fully saturated rings. The van der Waals surface area contributed by atoms with Crippen LogP contribution in [-0.4, -0.2) is 36.5 Å². The fraction of sp³-hybridized carbons (Fsp3) is 0.520. The maximum atomic E-state index is 12.0. The molecule has 2 aliphatic carbocycles. The van der Waals surface area contributed by atoms with Gasteiger partial charge in [-0.25, -0.2) is 0 Å². The zero-order valence-electron chi connectivity index (χ0n) is 18.7. The number of rotatable bonds is 6. The first kappa shape index (κ1) is 23.5. The predicted octanol–water partition coefficient (Wildman–Crippen LogP) is 6.09. The molecule has 0 spiro atoms. The van der Waals surface area contributed by atoms with Gasteiger partial charge in [-0.05, 0) is 60.0 Å². The van der Waals surface area contributed by atoms with Crippen LogP contribution in [0.25, 0.3) is 11.1 Å². The van der Waals surface area contributed by atoms with Gasteiger partial charge in [0.1, 0.15) is 10.6 Å². The van der Waals surface area contributed by atoms with Crippen LogP contribution in [-0.2, 0) is 10.1 Å². The van der Waals surface area contributed by atoms with Crippen molar-refractivity contribution in [2.24, 2.45) is 0 Å². The van der Waals surface area contributed by atoms with Gasteiger partial charge in [-0.3, -0.25) is 4.55 Å². The molecule has 0 bridgehead atoms. The third kappa shape index (κ3) is 4.83. The quantitative estimate of drug-likeness (QED) is 0.390. The molecular formula is C25H33O5PS. The second-order valence-electron chi connectivity index (χ2n) is 8.97. The Morgan fingerprint density at radius 2 is 1.44 bits per heavy atom. The van der Waals surface area contributed by atoms with Crippen molar-refractivity contribution >= 4 is 23.3 Å². The summed E-state index contributed by atoms with van der Waals surface area (Å²) in [5.41, 5.74) is 2.49. The molecule has 5 nitrogen and oxygen atoms in total. The van der Waals surface area contributed by atoms with Gasteiger partial charge in [-0.2, -0.15) is 8.42 Å². The smallest absolute Gasteiger partial charge is 0.298 e. The van der Waals surface area contributed by atoms with Gasteiger partial charge in [0.25, 0.3) is 10.1 Å². The lowest BCUT2D eigenvalue weighted by molar-refractivity contribution is 0.394. The van der Waals surface area contributed by atoms with Gasteiger partial charge in [0.05, 0.1) is 12.7 Å². The number of benzene rings is 2. The van der Waals surface area contributed by atoms with Crippen LogP contribution in [0.1, 0.15) is 64.2 Å². The number of aromatic hydroxyl groups is 1. The highest BCUT2D eigenvalue weighted by atomic mass is 32.2. The highest BCUT2D eigenvalue weighted by Crippen LogP contribution is 2.57. The van der Waals surface area contributed by atoms with E-state index in [1.807, 2.05) is 12.1 Å². The van der Waals surface area contributed by atoms with Crippen molar-refractivity contribution in [2.75, 3.05) is 7.11 Å². The molecule has 2 saturated carbocycles. The monoisotopic (exact) mass is 476 g/mol. The van der Waals surface area contributed by atoms with Gasteiger partial charge >= 0.3 is 0 Å². The minimum Gasteiger partial charge on any atom is -0.507 e. The van der Waals surface area contributed by atoms with Crippen molar-refractivity contribution in [3.63, 3.8) is 0 Å². The first-order valence-corrected chi connectivity index (χ1v) is 14.6. The summed E-state index contributed by atoms with van der Waals surface area (Å²) < 4.78 is 39.3. The first-order valence-electron chi connectivity index (χ1n) is 11.7. The van der Waals surface area contributed by atoms with Crippen molar-refractivity contribution in [3.8, 4) is 22.6 Å². The van der Waals surface area contributed by atoms with Gasteiger partial charge in [0.2, 0.25) is 0 Å². The Bertz CT molecular complexity index is 1020. The van der Waals surface area contributed by atoms with Gasteiger partial charge in [-0.1, -0.05) is 70.7 Å². The van der Waals surface area contributed by atoms with Crippen LogP contribution >= 0.6 is 7.92 Å². The molecular weight excluding hydrogens is 443 g/mol. The van der Waals surface area contributed by atoms with E-state index in [1.54, 1.807) is 0 Å². The highest BCUT2D eigenvalue weighted by Gasteiger charge is 2.35. The van der Waals surface area contributed by atoms with Crippen molar-refractivity contribution in [2.45, 2.75) is 80.4 Å². The second kappa shape index (κ2) is 10.1. The second-order valence-corrected chi connectivity index (χ2v) is 13.1. The lowest BCUT2D eigenvalue weighted by Crippen LogP contribution is -2.27. The SMILES string of the molecule is COc1c(S(=O)(=O)O)ccc(O)c1-c1ccccc1P(C1CCCCC1)C1CCCCC1. The Balaban J connectivity index is 1.90. The third-order valence-corrected chi connectivity index (χ3v) is 11.4. The minimum atomic E-state index is -4.50. The normalized spacial score (nSPS) is 18.7. The van der Waals surface area contributed by atoms with Crippen LogP contribution in [0.15, 0.2) is 41.3 Å². The Labute approximate surface area is 192 Å². The number of hydrogen-bond donors (Lipinski definition) is 2. The molecule has 2 aliphatic rings. The number of methoxy groups -OCH3 is 1. The molecule has 0 radical (unpaired) electrons. The molecule has 0 aliphatic heterocycles. The molecule has 0 heterocycles. The van der Waals surface area contributed by atoms with E-state index in [2.05, 4.69) is 12.1 Å². The summed E-state index contributed by atoms with van der Waals surface area (Å²) in [6.07, 6.45) is 12.6. The molecule has 0 atom stereocenters. The van der Waals surface area contributed by atoms with E-state index in [9.17, 15) is 18.1 Å². The summed E-state index contributed by atoms with van der Waals surface area (Å²) >= 11 is 0. The van der Waals surface area contributed by atoms with E-state index in [-0.39, 0.29) is 16.4 Å². The summed E-state index contributed by atoms with van der Waals surface area (Å²) in [6, 6.07) is 10.6. The van der Waals surface area contributed by atoms with Crippen molar-refractivity contribution in [1.29, 1.82) is 0 Å². The van der Waals surface area contributed by atoms with Gasteiger partial charge < -0.3 is 9.84 Å². The van der Waals surface area contributed by atoms with E-state index in [1.165, 1.54) is 88.8 Å². The average Bonchev–Trinajstić information content (AvgIpc) is 2.80. The van der Waals surface area contributed by atoms with E-state index in [0.717, 1.165) is 5.56 Å². The molecule has 7 heteroatoms. The van der Waals surface area contributed by atoms with Crippen molar-refractivity contribution in [1.82, 2.24) is 0 Å². The lowest BCUT2D eigenvalue weighted by Gasteiger charge is -2.39.